The summed E-state index contributed by atoms with van der Waals surface area (Å²) in [6.07, 6.45) is 8.01. The van der Waals surface area contributed by atoms with E-state index in [1.165, 1.54) is 19.3 Å². The van der Waals surface area contributed by atoms with Crippen molar-refractivity contribution in [1.29, 1.82) is 0 Å². The Bertz CT molecular complexity index is 1190. The topological polar surface area (TPSA) is 80.9 Å². The maximum atomic E-state index is 11.9. The Balaban J connectivity index is 1.31. The first kappa shape index (κ1) is 27.4. The summed E-state index contributed by atoms with van der Waals surface area (Å²) in [6.45, 7) is 11.9. The summed E-state index contributed by atoms with van der Waals surface area (Å²) in [4.78, 5) is 25.6. The number of hydrogen-bond acceptors (Lipinski definition) is 8. The van der Waals surface area contributed by atoms with Crippen LogP contribution in [-0.2, 0) is 22.5 Å². The largest absolute Gasteiger partial charge is 0.493 e. The minimum Gasteiger partial charge on any atom is -0.493 e. The van der Waals surface area contributed by atoms with Gasteiger partial charge in [-0.2, -0.15) is 0 Å². The lowest BCUT2D eigenvalue weighted by molar-refractivity contribution is -0.144. The highest BCUT2D eigenvalue weighted by atomic mass is 16.5. The zero-order chi connectivity index (χ0) is 26.7. The van der Waals surface area contributed by atoms with E-state index in [0.29, 0.717) is 38.6 Å². The van der Waals surface area contributed by atoms with Crippen molar-refractivity contribution in [3.05, 3.63) is 72.3 Å². The van der Waals surface area contributed by atoms with Crippen molar-refractivity contribution >= 4 is 11.8 Å². The van der Waals surface area contributed by atoms with Crippen LogP contribution in [0.1, 0.15) is 43.2 Å². The number of aryl methyl sites for hydroxylation is 1. The zero-order valence-corrected chi connectivity index (χ0v) is 22.5. The van der Waals surface area contributed by atoms with Crippen molar-refractivity contribution in [2.75, 3.05) is 44.3 Å². The minimum atomic E-state index is -0.238. The van der Waals surface area contributed by atoms with Gasteiger partial charge in [0.1, 0.15) is 17.3 Å². The molecule has 0 aliphatic carbocycles. The van der Waals surface area contributed by atoms with Crippen molar-refractivity contribution in [3.8, 4) is 17.2 Å². The molecule has 0 N–H and O–H groups in total. The molecule has 202 valence electrons. The molecule has 0 radical (unpaired) electrons. The maximum absolute atomic E-state index is 11.9. The molecule has 1 saturated heterocycles. The van der Waals surface area contributed by atoms with Crippen LogP contribution in [0.25, 0.3) is 11.5 Å². The van der Waals surface area contributed by atoms with Gasteiger partial charge in [0.2, 0.25) is 5.89 Å². The molecule has 3 heterocycles. The highest BCUT2D eigenvalue weighted by Gasteiger charge is 2.15. The predicted octanol–water partition coefficient (Wildman–Crippen LogP) is 5.21. The van der Waals surface area contributed by atoms with Crippen LogP contribution < -0.4 is 9.64 Å². The minimum absolute atomic E-state index is 0.217. The standard InChI is InChI=1S/C30H38N4O4/c1-4-15-33(22-29(35)36-5-2)21-24-10-9-11-26(19-24)37-18-14-27-23(3)38-30(32-27)25-12-13-28(31-20-25)34-16-7-6-8-17-34/h4,9-13,19-20H,1,5-8,14-18,21-22H2,2-3H3. The van der Waals surface area contributed by atoms with E-state index < -0.39 is 0 Å². The fourth-order valence-electron chi connectivity index (χ4n) is 4.62. The summed E-state index contributed by atoms with van der Waals surface area (Å²) in [7, 11) is 0. The number of aromatic nitrogens is 2. The lowest BCUT2D eigenvalue weighted by Crippen LogP contribution is -2.30. The lowest BCUT2D eigenvalue weighted by atomic mass is 10.1. The van der Waals surface area contributed by atoms with E-state index in [9.17, 15) is 4.79 Å². The van der Waals surface area contributed by atoms with Gasteiger partial charge in [-0.25, -0.2) is 9.97 Å². The normalized spacial score (nSPS) is 13.5. The summed E-state index contributed by atoms with van der Waals surface area (Å²) in [5.74, 6) is 2.92. The second kappa shape index (κ2) is 13.8. The number of carbonyl (C=O) groups excluding carboxylic acids is 1. The van der Waals surface area contributed by atoms with E-state index in [4.69, 9.17) is 18.9 Å². The summed E-state index contributed by atoms with van der Waals surface area (Å²) < 4.78 is 17.1. The van der Waals surface area contributed by atoms with Crippen LogP contribution in [0.5, 0.6) is 5.75 Å². The third kappa shape index (κ3) is 7.68. The number of carbonyl (C=O) groups is 1. The van der Waals surface area contributed by atoms with Crippen LogP contribution in [0, 0.1) is 6.92 Å². The van der Waals surface area contributed by atoms with Crippen LogP contribution in [0.15, 0.2) is 59.7 Å². The average molecular weight is 519 g/mol. The fraction of sp³-hybridized carbons (Fsp3) is 0.433. The van der Waals surface area contributed by atoms with Crippen molar-refractivity contribution in [2.24, 2.45) is 0 Å². The van der Waals surface area contributed by atoms with Gasteiger partial charge in [-0.05, 0) is 62.9 Å². The van der Waals surface area contributed by atoms with Crippen LogP contribution in [0.4, 0.5) is 5.82 Å². The number of hydrogen-bond donors (Lipinski definition) is 0. The Morgan fingerprint density at radius 3 is 2.79 bits per heavy atom. The second-order valence-corrected chi connectivity index (χ2v) is 9.48. The number of nitrogens with zero attached hydrogens (tertiary/aromatic N) is 4. The lowest BCUT2D eigenvalue weighted by Gasteiger charge is -2.27. The van der Waals surface area contributed by atoms with Gasteiger partial charge >= 0.3 is 5.97 Å². The smallest absolute Gasteiger partial charge is 0.320 e. The fourth-order valence-corrected chi connectivity index (χ4v) is 4.62. The molecule has 1 aliphatic heterocycles. The average Bonchev–Trinajstić information content (AvgIpc) is 3.30. The number of esters is 1. The Kier molecular flexibility index (Phi) is 9.92. The van der Waals surface area contributed by atoms with E-state index in [2.05, 4.69) is 22.5 Å². The highest BCUT2D eigenvalue weighted by molar-refractivity contribution is 5.71. The Labute approximate surface area is 225 Å². The molecule has 0 amide bonds. The van der Waals surface area contributed by atoms with Gasteiger partial charge in [-0.3, -0.25) is 9.69 Å². The molecule has 1 fully saturated rings. The van der Waals surface area contributed by atoms with Gasteiger partial charge < -0.3 is 18.8 Å². The van der Waals surface area contributed by atoms with Crippen molar-refractivity contribution in [3.63, 3.8) is 0 Å². The van der Waals surface area contributed by atoms with Crippen LogP contribution in [-0.4, -0.2) is 60.2 Å². The molecule has 3 aromatic rings. The summed E-state index contributed by atoms with van der Waals surface area (Å²) in [5.41, 5.74) is 2.80. The first-order valence-electron chi connectivity index (χ1n) is 13.4. The van der Waals surface area contributed by atoms with Crippen LogP contribution in [0.2, 0.25) is 0 Å². The van der Waals surface area contributed by atoms with E-state index in [1.54, 1.807) is 6.08 Å². The molecule has 0 unspecified atom stereocenters. The molecule has 8 heteroatoms. The van der Waals surface area contributed by atoms with E-state index >= 15 is 0 Å². The Morgan fingerprint density at radius 2 is 2.05 bits per heavy atom. The quantitative estimate of drug-likeness (QED) is 0.225. The molecular formula is C30H38N4O4. The number of rotatable bonds is 13. The Morgan fingerprint density at radius 1 is 1.21 bits per heavy atom. The molecule has 4 rings (SSSR count). The molecule has 2 aromatic heterocycles. The van der Waals surface area contributed by atoms with Gasteiger partial charge in [-0.1, -0.05) is 18.2 Å². The number of oxazole rings is 1. The zero-order valence-electron chi connectivity index (χ0n) is 22.5. The maximum Gasteiger partial charge on any atom is 0.320 e. The summed E-state index contributed by atoms with van der Waals surface area (Å²) >= 11 is 0. The Hall–Kier alpha value is -3.65. The SMILES string of the molecule is C=CCN(CC(=O)OCC)Cc1cccc(OCCc2nc(-c3ccc(N4CCCCC4)nc3)oc2C)c1. The van der Waals surface area contributed by atoms with E-state index in [0.717, 1.165) is 47.2 Å². The van der Waals surface area contributed by atoms with Gasteiger partial charge in [0, 0.05) is 38.8 Å². The number of pyridine rings is 1. The van der Waals surface area contributed by atoms with E-state index in [1.807, 2.05) is 55.3 Å². The summed E-state index contributed by atoms with van der Waals surface area (Å²) in [6, 6.07) is 12.0. The molecule has 0 saturated carbocycles. The van der Waals surface area contributed by atoms with Crippen molar-refractivity contribution in [2.45, 2.75) is 46.1 Å². The predicted molar refractivity (Wildman–Crippen MR) is 148 cm³/mol. The molecule has 0 atom stereocenters. The molecule has 38 heavy (non-hydrogen) atoms. The first-order chi connectivity index (χ1) is 18.6. The molecule has 1 aliphatic rings. The number of anilines is 1. The second-order valence-electron chi connectivity index (χ2n) is 9.48. The van der Waals surface area contributed by atoms with Crippen molar-refractivity contribution in [1.82, 2.24) is 14.9 Å². The summed E-state index contributed by atoms with van der Waals surface area (Å²) in [5, 5.41) is 0. The van der Waals surface area contributed by atoms with Crippen LogP contribution >= 0.6 is 0 Å². The highest BCUT2D eigenvalue weighted by Crippen LogP contribution is 2.25. The molecule has 0 bridgehead atoms. The number of benzene rings is 1. The van der Waals surface area contributed by atoms with E-state index in [-0.39, 0.29) is 12.5 Å². The molecular weight excluding hydrogens is 480 g/mol. The monoisotopic (exact) mass is 518 g/mol. The van der Waals surface area contributed by atoms with Gasteiger partial charge in [0.25, 0.3) is 0 Å². The van der Waals surface area contributed by atoms with Gasteiger partial charge in [-0.15, -0.1) is 6.58 Å². The van der Waals surface area contributed by atoms with Crippen LogP contribution in [0.3, 0.4) is 0 Å². The first-order valence-corrected chi connectivity index (χ1v) is 13.4. The number of ether oxygens (including phenoxy) is 2. The number of piperidine rings is 1. The third-order valence-corrected chi connectivity index (χ3v) is 6.53. The molecule has 8 nitrogen and oxygen atoms in total. The van der Waals surface area contributed by atoms with Gasteiger partial charge in [0.05, 0.1) is 31.0 Å². The molecule has 1 aromatic carbocycles. The third-order valence-electron chi connectivity index (χ3n) is 6.53. The molecule has 0 spiro atoms. The van der Waals surface area contributed by atoms with Crippen molar-refractivity contribution < 1.29 is 18.7 Å². The van der Waals surface area contributed by atoms with Gasteiger partial charge in [0.15, 0.2) is 0 Å².